The van der Waals surface area contributed by atoms with Crippen molar-refractivity contribution < 1.29 is 14.3 Å². The van der Waals surface area contributed by atoms with E-state index in [1.165, 1.54) is 0 Å². The number of ether oxygens (including phenoxy) is 2. The fourth-order valence-electron chi connectivity index (χ4n) is 1.97. The Kier molecular flexibility index (Phi) is 4.62. The molecule has 2 rings (SSSR count). The van der Waals surface area contributed by atoms with E-state index in [2.05, 4.69) is 11.8 Å². The third kappa shape index (κ3) is 4.16. The number of amides is 1. The largest absolute Gasteiger partial charge is 0.449 e. The fraction of sp³-hybridized carbons (Fsp3) is 0.917. The van der Waals surface area contributed by atoms with Crippen LogP contribution in [0, 0.1) is 0 Å². The topological polar surface area (TPSA) is 45.3 Å². The maximum absolute atomic E-state index is 11.7. The second kappa shape index (κ2) is 6.21. The molecule has 0 radical (unpaired) electrons. The van der Waals surface area contributed by atoms with Gasteiger partial charge in [-0.2, -0.15) is 0 Å². The summed E-state index contributed by atoms with van der Waals surface area (Å²) in [6.07, 6.45) is 2.30. The highest BCUT2D eigenvalue weighted by atomic mass is 16.6. The van der Waals surface area contributed by atoms with E-state index in [4.69, 9.17) is 9.47 Å². The second-order valence-electron chi connectivity index (χ2n) is 4.71. The van der Waals surface area contributed by atoms with E-state index < -0.39 is 0 Å². The molecular formula is C12H22N2O3. The van der Waals surface area contributed by atoms with Crippen LogP contribution in [0.15, 0.2) is 0 Å². The molecule has 1 amide bonds. The van der Waals surface area contributed by atoms with Gasteiger partial charge in [0.1, 0.15) is 0 Å². The van der Waals surface area contributed by atoms with Gasteiger partial charge < -0.3 is 14.4 Å². The van der Waals surface area contributed by atoms with Gasteiger partial charge in [-0.15, -0.1) is 0 Å². The van der Waals surface area contributed by atoms with Gasteiger partial charge in [0.25, 0.3) is 0 Å². The predicted molar refractivity (Wildman–Crippen MR) is 64.0 cm³/mol. The summed E-state index contributed by atoms with van der Waals surface area (Å²) in [6, 6.07) is 0. The minimum atomic E-state index is -0.152. The van der Waals surface area contributed by atoms with Crippen molar-refractivity contribution in [2.45, 2.75) is 25.9 Å². The van der Waals surface area contributed by atoms with Crippen molar-refractivity contribution in [1.29, 1.82) is 0 Å². The highest BCUT2D eigenvalue weighted by Gasteiger charge is 2.28. The van der Waals surface area contributed by atoms with Crippen LogP contribution >= 0.6 is 0 Å². The molecule has 2 saturated heterocycles. The van der Waals surface area contributed by atoms with Gasteiger partial charge in [-0.3, -0.25) is 4.90 Å². The molecule has 2 aliphatic heterocycles. The predicted octanol–water partition coefficient (Wildman–Crippen LogP) is 0.940. The molecule has 5 heteroatoms. The highest BCUT2D eigenvalue weighted by molar-refractivity contribution is 5.67. The van der Waals surface area contributed by atoms with Crippen molar-refractivity contribution in [3.8, 4) is 0 Å². The number of hydrogen-bond donors (Lipinski definition) is 0. The van der Waals surface area contributed by atoms with Gasteiger partial charge in [-0.05, 0) is 6.42 Å². The molecule has 0 aliphatic carbocycles. The minimum absolute atomic E-state index is 0.152. The van der Waals surface area contributed by atoms with Gasteiger partial charge in [-0.1, -0.05) is 13.3 Å². The molecule has 1 atom stereocenters. The number of carbonyl (C=O) groups is 1. The zero-order valence-corrected chi connectivity index (χ0v) is 10.6. The normalized spacial score (nSPS) is 24.8. The molecule has 0 unspecified atom stereocenters. The van der Waals surface area contributed by atoms with Crippen LogP contribution < -0.4 is 0 Å². The Bertz CT molecular complexity index is 248. The third-order valence-electron chi connectivity index (χ3n) is 3.22. The lowest BCUT2D eigenvalue weighted by atomic mass is 10.3. The van der Waals surface area contributed by atoms with Crippen LogP contribution in [0.3, 0.4) is 0 Å². The summed E-state index contributed by atoms with van der Waals surface area (Å²) >= 11 is 0. The summed E-state index contributed by atoms with van der Waals surface area (Å²) in [5.74, 6) is 0. The summed E-state index contributed by atoms with van der Waals surface area (Å²) < 4.78 is 10.4. The van der Waals surface area contributed by atoms with Crippen LogP contribution in [0.4, 0.5) is 4.79 Å². The first-order chi connectivity index (χ1) is 8.29. The van der Waals surface area contributed by atoms with Crippen molar-refractivity contribution in [1.82, 2.24) is 9.80 Å². The lowest BCUT2D eigenvalue weighted by molar-refractivity contribution is 0.0738. The molecule has 0 N–H and O–H groups in total. The van der Waals surface area contributed by atoms with E-state index in [-0.39, 0.29) is 6.09 Å². The summed E-state index contributed by atoms with van der Waals surface area (Å²) in [5.41, 5.74) is 0. The molecule has 0 bridgehead atoms. The van der Waals surface area contributed by atoms with Gasteiger partial charge in [0.2, 0.25) is 0 Å². The number of epoxide rings is 1. The SMILES string of the molecule is CCCCOC(=O)N1CCN(C[C@@H]2CO2)CC1. The Morgan fingerprint density at radius 3 is 2.65 bits per heavy atom. The zero-order valence-electron chi connectivity index (χ0n) is 10.6. The molecule has 0 aromatic carbocycles. The van der Waals surface area contributed by atoms with Crippen molar-refractivity contribution in [3.05, 3.63) is 0 Å². The number of carbonyl (C=O) groups excluding carboxylic acids is 1. The number of rotatable bonds is 5. The van der Waals surface area contributed by atoms with E-state index in [0.717, 1.165) is 52.2 Å². The minimum Gasteiger partial charge on any atom is -0.449 e. The molecule has 0 aromatic heterocycles. The van der Waals surface area contributed by atoms with Gasteiger partial charge in [0, 0.05) is 32.7 Å². The van der Waals surface area contributed by atoms with E-state index in [0.29, 0.717) is 12.7 Å². The van der Waals surface area contributed by atoms with E-state index in [1.807, 2.05) is 0 Å². The maximum atomic E-state index is 11.7. The third-order valence-corrected chi connectivity index (χ3v) is 3.22. The van der Waals surface area contributed by atoms with E-state index in [1.54, 1.807) is 4.90 Å². The Labute approximate surface area is 103 Å². The average molecular weight is 242 g/mol. The molecule has 98 valence electrons. The summed E-state index contributed by atoms with van der Waals surface area (Å²) in [4.78, 5) is 15.8. The summed E-state index contributed by atoms with van der Waals surface area (Å²) in [6.45, 7) is 7.97. The maximum Gasteiger partial charge on any atom is 0.409 e. The van der Waals surface area contributed by atoms with Crippen LogP contribution in [-0.4, -0.2) is 67.9 Å². The van der Waals surface area contributed by atoms with Crippen LogP contribution in [0.1, 0.15) is 19.8 Å². The van der Waals surface area contributed by atoms with Gasteiger partial charge in [0.05, 0.1) is 19.3 Å². The van der Waals surface area contributed by atoms with Crippen LogP contribution in [-0.2, 0) is 9.47 Å². The Balaban J connectivity index is 1.61. The summed E-state index contributed by atoms with van der Waals surface area (Å²) in [5, 5.41) is 0. The molecule has 2 heterocycles. The number of hydrogen-bond acceptors (Lipinski definition) is 4. The number of unbranched alkanes of at least 4 members (excludes halogenated alkanes) is 1. The molecule has 0 aromatic rings. The van der Waals surface area contributed by atoms with Crippen LogP contribution in [0.2, 0.25) is 0 Å². The number of piperazine rings is 1. The van der Waals surface area contributed by atoms with Crippen molar-refractivity contribution in [2.75, 3.05) is 45.9 Å². The first kappa shape index (κ1) is 12.6. The van der Waals surface area contributed by atoms with Crippen molar-refractivity contribution >= 4 is 6.09 Å². The van der Waals surface area contributed by atoms with Crippen LogP contribution in [0.5, 0.6) is 0 Å². The van der Waals surface area contributed by atoms with Crippen molar-refractivity contribution in [2.24, 2.45) is 0 Å². The fourth-order valence-corrected chi connectivity index (χ4v) is 1.97. The highest BCUT2D eigenvalue weighted by Crippen LogP contribution is 2.12. The van der Waals surface area contributed by atoms with Gasteiger partial charge >= 0.3 is 6.09 Å². The Morgan fingerprint density at radius 1 is 1.35 bits per heavy atom. The molecule has 0 saturated carbocycles. The Morgan fingerprint density at radius 2 is 2.06 bits per heavy atom. The van der Waals surface area contributed by atoms with E-state index >= 15 is 0 Å². The Hall–Kier alpha value is -0.810. The summed E-state index contributed by atoms with van der Waals surface area (Å²) in [7, 11) is 0. The average Bonchev–Trinajstić information content (AvgIpc) is 3.14. The smallest absolute Gasteiger partial charge is 0.409 e. The molecule has 0 spiro atoms. The lowest BCUT2D eigenvalue weighted by Gasteiger charge is -2.33. The molecule has 17 heavy (non-hydrogen) atoms. The van der Waals surface area contributed by atoms with Crippen LogP contribution in [0.25, 0.3) is 0 Å². The second-order valence-corrected chi connectivity index (χ2v) is 4.71. The molecule has 2 fully saturated rings. The van der Waals surface area contributed by atoms with Gasteiger partial charge in [-0.25, -0.2) is 4.79 Å². The standard InChI is InChI=1S/C12H22N2O3/c1-2-3-8-16-12(15)14-6-4-13(5-7-14)9-11-10-17-11/h11H,2-10H2,1H3/t11-/m1/s1. The zero-order chi connectivity index (χ0) is 12.1. The monoisotopic (exact) mass is 242 g/mol. The molecule has 5 nitrogen and oxygen atoms in total. The lowest BCUT2D eigenvalue weighted by Crippen LogP contribution is -2.49. The number of nitrogens with zero attached hydrogens (tertiary/aromatic N) is 2. The first-order valence-corrected chi connectivity index (χ1v) is 6.55. The quantitative estimate of drug-likeness (QED) is 0.531. The van der Waals surface area contributed by atoms with E-state index in [9.17, 15) is 4.79 Å². The first-order valence-electron chi connectivity index (χ1n) is 6.55. The van der Waals surface area contributed by atoms with Gasteiger partial charge in [0.15, 0.2) is 0 Å². The van der Waals surface area contributed by atoms with Crippen molar-refractivity contribution in [3.63, 3.8) is 0 Å². The molecule has 2 aliphatic rings. The molecular weight excluding hydrogens is 220 g/mol.